The molecule has 0 N–H and O–H groups in total. The molecule has 0 amide bonds. The number of hydrogen-bond donors (Lipinski definition) is 0. The highest BCUT2D eigenvalue weighted by Crippen LogP contribution is 2.58. The first-order valence-corrected chi connectivity index (χ1v) is 35.0. The first kappa shape index (κ1) is 57.5. The Balaban J connectivity index is 1.18. The van der Waals surface area contributed by atoms with Crippen LogP contribution in [0.15, 0.2) is 291 Å². The summed E-state index contributed by atoms with van der Waals surface area (Å²) in [5.41, 5.74) is 23.4. The third-order valence-corrected chi connectivity index (χ3v) is 21.8. The van der Waals surface area contributed by atoms with Crippen molar-refractivity contribution in [2.45, 2.75) is 27.7 Å². The van der Waals surface area contributed by atoms with Crippen molar-refractivity contribution in [2.75, 3.05) is 0 Å². The first-order chi connectivity index (χ1) is 48.2. The van der Waals surface area contributed by atoms with Gasteiger partial charge in [-0.15, -0.1) is 22.7 Å². The van der Waals surface area contributed by atoms with Crippen molar-refractivity contribution in [1.29, 1.82) is 0 Å². The maximum absolute atomic E-state index is 6.13. The van der Waals surface area contributed by atoms with E-state index in [0.717, 1.165) is 164 Å². The minimum absolute atomic E-state index is 0.564. The van der Waals surface area contributed by atoms with Crippen LogP contribution in [0.25, 0.3) is 185 Å². The Morgan fingerprint density at radius 1 is 0.245 bits per heavy atom. The fourth-order valence-electron chi connectivity index (χ4n) is 15.2. The second-order valence-corrected chi connectivity index (χ2v) is 28.1. The summed E-state index contributed by atoms with van der Waals surface area (Å²) in [6, 6.07) is 106. The van der Waals surface area contributed by atoms with Gasteiger partial charge in [-0.3, -0.25) is 0 Å². The van der Waals surface area contributed by atoms with Crippen molar-refractivity contribution < 1.29 is 0 Å². The second kappa shape index (κ2) is 22.9. The van der Waals surface area contributed by atoms with Gasteiger partial charge < -0.3 is 9.13 Å². The number of fused-ring (bicyclic) bond motifs is 12. The summed E-state index contributed by atoms with van der Waals surface area (Å²) in [4.78, 5) is 24.5. The van der Waals surface area contributed by atoms with Gasteiger partial charge in [-0.1, -0.05) is 229 Å². The molecular weight excluding hydrogens is 1230 g/mol. The van der Waals surface area contributed by atoms with Gasteiger partial charge in [-0.25, -0.2) is 19.9 Å². The van der Waals surface area contributed by atoms with Crippen LogP contribution in [0.4, 0.5) is 0 Å². The number of nitrogens with zero attached hydrogens (tertiary/aromatic N) is 6. The molecule has 0 fully saturated rings. The highest BCUT2D eigenvalue weighted by Gasteiger charge is 2.37. The molecule has 0 aliphatic carbocycles. The van der Waals surface area contributed by atoms with E-state index >= 15 is 0 Å². The smallest absolute Gasteiger partial charge is 0.163 e. The molecule has 19 rings (SSSR count). The maximum Gasteiger partial charge on any atom is 0.163 e. The van der Waals surface area contributed by atoms with E-state index in [9.17, 15) is 0 Å². The van der Waals surface area contributed by atoms with E-state index in [1.54, 1.807) is 0 Å². The largest absolute Gasteiger partial charge is 0.308 e. The predicted molar refractivity (Wildman–Crippen MR) is 415 cm³/mol. The molecule has 462 valence electrons. The van der Waals surface area contributed by atoms with E-state index in [1.807, 2.05) is 22.7 Å². The van der Waals surface area contributed by atoms with Crippen LogP contribution in [0.1, 0.15) is 22.3 Å². The normalized spacial score (nSPS) is 11.9. The van der Waals surface area contributed by atoms with E-state index < -0.39 is 0 Å². The molecular formula is C90H60N6S2. The Hall–Kier alpha value is -11.9. The number of thiophene rings is 2. The maximum atomic E-state index is 6.13. The Labute approximate surface area is 574 Å². The van der Waals surface area contributed by atoms with E-state index in [2.05, 4.69) is 328 Å². The van der Waals surface area contributed by atoms with E-state index in [1.165, 1.54) is 31.7 Å². The summed E-state index contributed by atoms with van der Waals surface area (Å²) >= 11 is 3.66. The number of aryl methyl sites for hydroxylation is 4. The van der Waals surface area contributed by atoms with Crippen LogP contribution in [0.5, 0.6) is 0 Å². The molecule has 13 aromatic carbocycles. The molecule has 0 aliphatic rings. The van der Waals surface area contributed by atoms with Gasteiger partial charge in [-0.05, 0) is 124 Å². The predicted octanol–water partition coefficient (Wildman–Crippen LogP) is 24.8. The molecule has 0 radical (unpaired) electrons. The van der Waals surface area contributed by atoms with Gasteiger partial charge in [0.25, 0.3) is 0 Å². The van der Waals surface area contributed by atoms with Crippen LogP contribution in [-0.4, -0.2) is 29.1 Å². The lowest BCUT2D eigenvalue weighted by molar-refractivity contribution is 1.11. The monoisotopic (exact) mass is 1290 g/mol. The lowest BCUT2D eigenvalue weighted by Gasteiger charge is -2.30. The van der Waals surface area contributed by atoms with E-state index in [4.69, 9.17) is 19.9 Å². The molecule has 6 nitrogen and oxygen atoms in total. The number of benzene rings is 13. The summed E-state index contributed by atoms with van der Waals surface area (Å²) in [7, 11) is 0. The molecule has 98 heavy (non-hydrogen) atoms. The van der Waals surface area contributed by atoms with E-state index in [-0.39, 0.29) is 0 Å². The number of aromatic nitrogens is 6. The Bertz CT molecular complexity index is 5830. The average molecular weight is 1290 g/mol. The highest BCUT2D eigenvalue weighted by atomic mass is 32.1. The van der Waals surface area contributed by atoms with Gasteiger partial charge >= 0.3 is 0 Å². The quantitative estimate of drug-likeness (QED) is 0.137. The molecule has 0 spiro atoms. The zero-order chi connectivity index (χ0) is 65.3. The second-order valence-electron chi connectivity index (χ2n) is 25.9. The van der Waals surface area contributed by atoms with Crippen LogP contribution >= 0.6 is 22.7 Å². The Morgan fingerprint density at radius 3 is 0.847 bits per heavy atom. The Kier molecular flexibility index (Phi) is 13.4. The molecule has 0 bridgehead atoms. The van der Waals surface area contributed by atoms with Crippen LogP contribution < -0.4 is 0 Å². The zero-order valence-electron chi connectivity index (χ0n) is 54.2. The molecule has 6 heterocycles. The van der Waals surface area contributed by atoms with Gasteiger partial charge in [0, 0.05) is 95.3 Å². The summed E-state index contributed by atoms with van der Waals surface area (Å²) in [5.74, 6) is 1.13. The average Bonchev–Trinajstić information content (AvgIpc) is 1.34. The lowest BCUT2D eigenvalue weighted by Crippen LogP contribution is -2.13. The molecule has 0 unspecified atom stereocenters. The van der Waals surface area contributed by atoms with Gasteiger partial charge in [0.05, 0.1) is 67.3 Å². The fourth-order valence-corrected chi connectivity index (χ4v) is 17.5. The van der Waals surface area contributed by atoms with Crippen molar-refractivity contribution in [1.82, 2.24) is 29.1 Å². The van der Waals surface area contributed by atoms with Crippen LogP contribution in [0.2, 0.25) is 0 Å². The van der Waals surface area contributed by atoms with Crippen LogP contribution in [0, 0.1) is 27.7 Å². The molecule has 0 saturated heterocycles. The van der Waals surface area contributed by atoms with Gasteiger partial charge in [0.2, 0.25) is 0 Å². The third-order valence-electron chi connectivity index (χ3n) is 19.6. The molecule has 0 atom stereocenters. The van der Waals surface area contributed by atoms with Gasteiger partial charge in [-0.2, -0.15) is 0 Å². The van der Waals surface area contributed by atoms with Crippen LogP contribution in [-0.2, 0) is 0 Å². The molecule has 6 aromatic heterocycles. The molecule has 0 aliphatic heterocycles. The third kappa shape index (κ3) is 9.27. The lowest BCUT2D eigenvalue weighted by atomic mass is 9.82. The SMILES string of the molecule is Cc1ccc2c(c1)c1cc(C)ccc1n2-c1c(-c2nc(-c3ccccc3)cc(-c3ccccc3)n2)c(-c2cccc3sc4ccccc4c23)c(-n2c3ccc(C)cc3c3cc(C)ccc32)c(-c2nc(-c3ccccc3)cc(-c3ccccc3)n2)c1-c1cccc2sc3ccccc3c12. The van der Waals surface area contributed by atoms with Crippen LogP contribution in [0.3, 0.4) is 0 Å². The standard InChI is InChI=1S/C90H60N6S2/c1-53-39-43-73-65(47-53)66-48-54(2)40-44-74(66)95(73)87-83(63-33-21-37-79-81(63)61-31-17-19-35-77(61)97-79)86(90-93-71(59-27-13-7-14-28-59)52-72(94-90)60-29-15-8-16-30-60)88(96-75-45-41-55(3)49-67(75)68-50-56(4)42-46-76(68)96)84(64-34-22-38-80-82(64)62-32-18-20-36-78(62)98-80)85(87)89-91-69(57-23-9-5-10-24-57)51-70(92-89)58-25-11-6-12-26-58/h5-52H,1-4H3. The molecule has 19 aromatic rings. The van der Waals surface area contributed by atoms with E-state index in [0.29, 0.717) is 11.6 Å². The minimum Gasteiger partial charge on any atom is -0.308 e. The van der Waals surface area contributed by atoms with Gasteiger partial charge in [0.15, 0.2) is 11.6 Å². The van der Waals surface area contributed by atoms with Gasteiger partial charge in [0.1, 0.15) is 0 Å². The number of rotatable bonds is 10. The van der Waals surface area contributed by atoms with Crippen molar-refractivity contribution >= 4 is 107 Å². The summed E-state index contributed by atoms with van der Waals surface area (Å²) in [6.45, 7) is 8.83. The van der Waals surface area contributed by atoms with Crippen molar-refractivity contribution in [3.63, 3.8) is 0 Å². The summed E-state index contributed by atoms with van der Waals surface area (Å²) in [6.07, 6.45) is 0. The number of hydrogen-bond acceptors (Lipinski definition) is 6. The first-order valence-electron chi connectivity index (χ1n) is 33.3. The molecule has 8 heteroatoms. The summed E-state index contributed by atoms with van der Waals surface area (Å²) < 4.78 is 9.86. The van der Waals surface area contributed by atoms with Crippen molar-refractivity contribution in [3.05, 3.63) is 313 Å². The summed E-state index contributed by atoms with van der Waals surface area (Å²) in [5, 5.41) is 9.17. The topological polar surface area (TPSA) is 61.4 Å². The Morgan fingerprint density at radius 2 is 0.531 bits per heavy atom. The molecule has 0 saturated carbocycles. The fraction of sp³-hybridized carbons (Fsp3) is 0.0444. The zero-order valence-corrected chi connectivity index (χ0v) is 55.8. The van der Waals surface area contributed by atoms with Crippen molar-refractivity contribution in [3.8, 4) is 101 Å². The minimum atomic E-state index is 0.564. The van der Waals surface area contributed by atoms with Crippen molar-refractivity contribution in [2.24, 2.45) is 0 Å². The highest BCUT2D eigenvalue weighted by molar-refractivity contribution is 7.26.